The number of phosphoric ester groups is 2. The van der Waals surface area contributed by atoms with Crippen molar-refractivity contribution in [2.24, 2.45) is 17.8 Å². The average molecular weight is 1440 g/mol. The van der Waals surface area contributed by atoms with E-state index in [0.717, 1.165) is 114 Å². The van der Waals surface area contributed by atoms with Crippen molar-refractivity contribution in [2.45, 2.75) is 426 Å². The molecule has 6 atom stereocenters. The van der Waals surface area contributed by atoms with Gasteiger partial charge in [0.25, 0.3) is 0 Å². The summed E-state index contributed by atoms with van der Waals surface area (Å²) in [6.45, 7) is 11.9. The van der Waals surface area contributed by atoms with Crippen LogP contribution in [-0.2, 0) is 65.4 Å². The van der Waals surface area contributed by atoms with E-state index >= 15 is 0 Å². The first-order chi connectivity index (χ1) is 47.3. The van der Waals surface area contributed by atoms with E-state index in [2.05, 4.69) is 48.5 Å². The number of hydrogen-bond donors (Lipinski definition) is 3. The molecule has 0 rings (SSSR count). The van der Waals surface area contributed by atoms with Crippen molar-refractivity contribution >= 4 is 39.5 Å². The molecule has 0 bridgehead atoms. The van der Waals surface area contributed by atoms with E-state index in [-0.39, 0.29) is 25.7 Å². The molecule has 98 heavy (non-hydrogen) atoms. The van der Waals surface area contributed by atoms with Gasteiger partial charge in [-0.2, -0.15) is 0 Å². The van der Waals surface area contributed by atoms with Crippen LogP contribution >= 0.6 is 15.6 Å². The number of hydrogen-bond acceptors (Lipinski definition) is 15. The van der Waals surface area contributed by atoms with E-state index in [1.54, 1.807) is 0 Å². The number of aliphatic hydroxyl groups excluding tert-OH is 1. The van der Waals surface area contributed by atoms with Crippen LogP contribution in [-0.4, -0.2) is 96.7 Å². The highest BCUT2D eigenvalue weighted by atomic mass is 31.2. The van der Waals surface area contributed by atoms with Crippen LogP contribution in [0.5, 0.6) is 0 Å². The van der Waals surface area contributed by atoms with Crippen LogP contribution < -0.4 is 0 Å². The van der Waals surface area contributed by atoms with Crippen LogP contribution in [0.2, 0.25) is 0 Å². The van der Waals surface area contributed by atoms with Crippen molar-refractivity contribution in [3.8, 4) is 0 Å². The van der Waals surface area contributed by atoms with Gasteiger partial charge in [0, 0.05) is 25.7 Å². The summed E-state index contributed by atoms with van der Waals surface area (Å²) in [5.41, 5.74) is 0. The maximum atomic E-state index is 13.1. The van der Waals surface area contributed by atoms with Crippen molar-refractivity contribution in [2.75, 3.05) is 39.6 Å². The minimum Gasteiger partial charge on any atom is -0.462 e. The summed E-state index contributed by atoms with van der Waals surface area (Å²) in [5, 5.41) is 10.6. The quantitative estimate of drug-likeness (QED) is 0.0222. The second-order valence-corrected chi connectivity index (χ2v) is 32.6. The van der Waals surface area contributed by atoms with Gasteiger partial charge < -0.3 is 33.8 Å². The Morgan fingerprint density at radius 2 is 0.520 bits per heavy atom. The summed E-state index contributed by atoms with van der Waals surface area (Å²) in [4.78, 5) is 72.9. The third-order valence-electron chi connectivity index (χ3n) is 18.7. The number of aliphatic hydroxyl groups is 1. The van der Waals surface area contributed by atoms with Gasteiger partial charge in [-0.1, -0.05) is 357 Å². The highest BCUT2D eigenvalue weighted by Gasteiger charge is 2.30. The van der Waals surface area contributed by atoms with Gasteiger partial charge in [-0.3, -0.25) is 37.3 Å². The highest BCUT2D eigenvalue weighted by molar-refractivity contribution is 7.47. The lowest BCUT2D eigenvalue weighted by atomic mass is 10.00. The SMILES string of the molecule is CCCCCCCCCCCCCCCC(=O)O[C@H](COC(=O)CCCCCCCCC(C)CC)COP(=O)(O)OC[C@H](O)COP(=O)(O)OC[C@@H](COC(=O)CCCCCCCCCCCCCCCC(C)C)OC(=O)CCCCCCCCCCCCCCCCCCC(C)C. The molecule has 19 heteroatoms. The lowest BCUT2D eigenvalue weighted by Crippen LogP contribution is -2.30. The van der Waals surface area contributed by atoms with Crippen LogP contribution in [0.15, 0.2) is 0 Å². The maximum absolute atomic E-state index is 13.1. The zero-order chi connectivity index (χ0) is 72.3. The minimum absolute atomic E-state index is 0.107. The van der Waals surface area contributed by atoms with Gasteiger partial charge in [0.2, 0.25) is 0 Å². The molecule has 0 heterocycles. The average Bonchev–Trinajstić information content (AvgIpc) is 0.986. The molecule has 0 aliphatic carbocycles. The van der Waals surface area contributed by atoms with Gasteiger partial charge in [-0.25, -0.2) is 9.13 Å². The predicted molar refractivity (Wildman–Crippen MR) is 400 cm³/mol. The first kappa shape index (κ1) is 96.1. The number of carbonyl (C=O) groups excluding carboxylic acids is 4. The van der Waals surface area contributed by atoms with E-state index in [4.69, 9.17) is 37.0 Å². The first-order valence-electron chi connectivity index (χ1n) is 40.9. The number of ether oxygens (including phenoxy) is 4. The molecular formula is C79H154O17P2. The van der Waals surface area contributed by atoms with Crippen LogP contribution in [0.3, 0.4) is 0 Å². The second kappa shape index (κ2) is 69.4. The summed E-state index contributed by atoms with van der Waals surface area (Å²) in [5.74, 6) is 0.218. The molecule has 0 aromatic carbocycles. The lowest BCUT2D eigenvalue weighted by molar-refractivity contribution is -0.161. The van der Waals surface area contributed by atoms with Gasteiger partial charge in [0.15, 0.2) is 12.2 Å². The molecule has 17 nitrogen and oxygen atoms in total. The van der Waals surface area contributed by atoms with Gasteiger partial charge >= 0.3 is 39.5 Å². The Bertz CT molecular complexity index is 1910. The fourth-order valence-corrected chi connectivity index (χ4v) is 13.7. The minimum atomic E-state index is -4.96. The lowest BCUT2D eigenvalue weighted by Gasteiger charge is -2.21. The standard InChI is InChI=1S/C79H154O17P2/c1-8-10-11-12-13-14-15-21-29-34-39-48-55-62-79(84)96-75(67-90-77(82)61-54-47-42-41-45-52-59-72(7)9-2)69-94-98(87,88)92-65-73(80)64-91-97(85,86)93-68-74(66-89-76(81)60-53-46-38-33-28-25-20-23-27-32-37-44-51-58-71(5)6)95-78(83)63-56-49-40-35-30-24-19-17-16-18-22-26-31-36-43-50-57-70(3)4/h70-75,80H,8-69H2,1-7H3,(H,85,86)(H,87,88)/t72?,73-,74-,75-/m1/s1. The smallest absolute Gasteiger partial charge is 0.462 e. The number of phosphoric acid groups is 2. The van der Waals surface area contributed by atoms with Crippen molar-refractivity contribution < 1.29 is 80.2 Å². The normalized spacial score (nSPS) is 14.3. The molecule has 0 aromatic heterocycles. The molecule has 0 aromatic rings. The Kier molecular flexibility index (Phi) is 68.1. The van der Waals surface area contributed by atoms with E-state index in [1.165, 1.54) is 212 Å². The predicted octanol–water partition coefficient (Wildman–Crippen LogP) is 23.4. The topological polar surface area (TPSA) is 237 Å². The van der Waals surface area contributed by atoms with Crippen molar-refractivity contribution in [3.63, 3.8) is 0 Å². The summed E-state index contributed by atoms with van der Waals surface area (Å²) in [7, 11) is -9.92. The molecule has 0 spiro atoms. The van der Waals surface area contributed by atoms with Crippen LogP contribution in [0.25, 0.3) is 0 Å². The Hall–Kier alpha value is -1.94. The third-order valence-corrected chi connectivity index (χ3v) is 20.6. The molecule has 0 radical (unpaired) electrons. The number of esters is 4. The molecule has 0 saturated carbocycles. The summed E-state index contributed by atoms with van der Waals surface area (Å²) >= 11 is 0. The van der Waals surface area contributed by atoms with Crippen molar-refractivity contribution in [1.29, 1.82) is 0 Å². The number of carbonyl (C=O) groups is 4. The number of unbranched alkanes of at least 4 members (excludes halogenated alkanes) is 44. The van der Waals surface area contributed by atoms with E-state index < -0.39 is 97.5 Å². The van der Waals surface area contributed by atoms with Gasteiger partial charge in [-0.15, -0.1) is 0 Å². The third kappa shape index (κ3) is 71.1. The molecule has 0 aliphatic rings. The van der Waals surface area contributed by atoms with Gasteiger partial charge in [-0.05, 0) is 43.4 Å². The van der Waals surface area contributed by atoms with E-state index in [9.17, 15) is 43.2 Å². The summed E-state index contributed by atoms with van der Waals surface area (Å²) in [6.07, 6.45) is 56.8. The molecular weight excluding hydrogens is 1280 g/mol. The summed E-state index contributed by atoms with van der Waals surface area (Å²) < 4.78 is 68.6. The highest BCUT2D eigenvalue weighted by Crippen LogP contribution is 2.45. The monoisotopic (exact) mass is 1440 g/mol. The zero-order valence-electron chi connectivity index (χ0n) is 64.3. The zero-order valence-corrected chi connectivity index (χ0v) is 66.0. The maximum Gasteiger partial charge on any atom is 0.472 e. The molecule has 0 fully saturated rings. The second-order valence-electron chi connectivity index (χ2n) is 29.6. The van der Waals surface area contributed by atoms with Crippen molar-refractivity contribution in [1.82, 2.24) is 0 Å². The van der Waals surface area contributed by atoms with Gasteiger partial charge in [0.1, 0.15) is 19.3 Å². The van der Waals surface area contributed by atoms with Crippen LogP contribution in [0.1, 0.15) is 408 Å². The molecule has 0 saturated heterocycles. The Balaban J connectivity index is 5.24. The van der Waals surface area contributed by atoms with Crippen molar-refractivity contribution in [3.05, 3.63) is 0 Å². The molecule has 582 valence electrons. The van der Waals surface area contributed by atoms with E-state index in [1.807, 2.05) is 0 Å². The summed E-state index contributed by atoms with van der Waals surface area (Å²) in [6, 6.07) is 0. The van der Waals surface area contributed by atoms with Gasteiger partial charge in [0.05, 0.1) is 26.4 Å². The number of rotatable bonds is 77. The largest absolute Gasteiger partial charge is 0.472 e. The Morgan fingerprint density at radius 1 is 0.296 bits per heavy atom. The molecule has 0 amide bonds. The molecule has 0 aliphatic heterocycles. The fourth-order valence-electron chi connectivity index (χ4n) is 12.1. The first-order valence-corrected chi connectivity index (χ1v) is 43.9. The van der Waals surface area contributed by atoms with Crippen LogP contribution in [0.4, 0.5) is 0 Å². The fraction of sp³-hybridized carbons (Fsp3) is 0.949. The Labute approximate surface area is 600 Å². The van der Waals surface area contributed by atoms with Crippen LogP contribution in [0, 0.1) is 17.8 Å². The Morgan fingerprint density at radius 3 is 0.776 bits per heavy atom. The molecule has 3 N–H and O–H groups in total. The molecule has 3 unspecified atom stereocenters. The van der Waals surface area contributed by atoms with E-state index in [0.29, 0.717) is 25.7 Å².